The van der Waals surface area contributed by atoms with Gasteiger partial charge >= 0.3 is 0 Å². The van der Waals surface area contributed by atoms with E-state index < -0.39 is 23.5 Å². The van der Waals surface area contributed by atoms with E-state index in [2.05, 4.69) is 0 Å². The van der Waals surface area contributed by atoms with Crippen molar-refractivity contribution in [2.45, 2.75) is 19.1 Å². The van der Waals surface area contributed by atoms with Crippen molar-refractivity contribution in [3.63, 3.8) is 0 Å². The maximum absolute atomic E-state index is 13.8. The largest absolute Gasteiger partial charge is 0.503 e. The van der Waals surface area contributed by atoms with Crippen molar-refractivity contribution in [3.05, 3.63) is 107 Å². The number of nitrogens with zero attached hydrogens (tertiary/aromatic N) is 1. The highest BCUT2D eigenvalue weighted by atomic mass is 16.5. The van der Waals surface area contributed by atoms with Gasteiger partial charge in [-0.25, -0.2) is 0 Å². The first kappa shape index (κ1) is 26.1. The normalized spacial score (nSPS) is 15.3. The summed E-state index contributed by atoms with van der Waals surface area (Å²) in [4.78, 5) is 28.4. The zero-order valence-electron chi connectivity index (χ0n) is 21.8. The molecule has 1 N–H and O–H groups in total. The van der Waals surface area contributed by atoms with Crippen LogP contribution < -0.4 is 9.47 Å². The predicted molar refractivity (Wildman–Crippen MR) is 145 cm³/mol. The molecule has 0 spiro atoms. The third-order valence-electron chi connectivity index (χ3n) is 6.69. The molecule has 2 heterocycles. The van der Waals surface area contributed by atoms with E-state index in [0.29, 0.717) is 54.2 Å². The first-order valence-electron chi connectivity index (χ1n) is 12.6. The molecule has 8 heteroatoms. The van der Waals surface area contributed by atoms with Gasteiger partial charge in [-0.1, -0.05) is 54.6 Å². The average molecular weight is 528 g/mol. The quantitative estimate of drug-likeness (QED) is 0.199. The zero-order valence-corrected chi connectivity index (χ0v) is 21.8. The second kappa shape index (κ2) is 11.4. The molecule has 0 saturated carbocycles. The third kappa shape index (κ3) is 5.24. The van der Waals surface area contributed by atoms with Crippen molar-refractivity contribution in [1.82, 2.24) is 4.90 Å². The van der Waals surface area contributed by atoms with Gasteiger partial charge in [0.1, 0.15) is 12.4 Å². The Morgan fingerprint density at radius 2 is 1.77 bits per heavy atom. The molecule has 8 nitrogen and oxygen atoms in total. The second-order valence-electron chi connectivity index (χ2n) is 9.17. The van der Waals surface area contributed by atoms with Crippen molar-refractivity contribution < 1.29 is 33.3 Å². The molecule has 0 aliphatic carbocycles. The van der Waals surface area contributed by atoms with Crippen LogP contribution in [-0.4, -0.2) is 49.1 Å². The van der Waals surface area contributed by atoms with Crippen LogP contribution in [0.15, 0.2) is 94.6 Å². The number of methoxy groups -OCH3 is 2. The number of hydrogen-bond acceptors (Lipinski definition) is 7. The fraction of sp³-hybridized carbons (Fsp3) is 0.226. The van der Waals surface area contributed by atoms with Crippen molar-refractivity contribution in [2.24, 2.45) is 0 Å². The minimum Gasteiger partial charge on any atom is -0.503 e. The van der Waals surface area contributed by atoms with Gasteiger partial charge in [0, 0.05) is 25.6 Å². The topological polar surface area (TPSA) is 98.4 Å². The fourth-order valence-electron chi connectivity index (χ4n) is 4.77. The van der Waals surface area contributed by atoms with Crippen LogP contribution in [0.4, 0.5) is 0 Å². The first-order valence-corrected chi connectivity index (χ1v) is 12.6. The number of para-hydroxylation sites is 1. The molecule has 0 bridgehead atoms. The number of ketones is 1. The Bertz CT molecular complexity index is 1510. The zero-order chi connectivity index (χ0) is 27.4. The van der Waals surface area contributed by atoms with Crippen molar-refractivity contribution in [1.29, 1.82) is 0 Å². The van der Waals surface area contributed by atoms with Crippen LogP contribution in [0.2, 0.25) is 0 Å². The molecule has 200 valence electrons. The number of hydrogen-bond donors (Lipinski definition) is 1. The summed E-state index contributed by atoms with van der Waals surface area (Å²) in [7, 11) is 3.10. The van der Waals surface area contributed by atoms with Gasteiger partial charge in [-0.3, -0.25) is 9.59 Å². The molecule has 1 aliphatic rings. The highest BCUT2D eigenvalue weighted by Gasteiger charge is 2.44. The summed E-state index contributed by atoms with van der Waals surface area (Å²) in [5, 5.41) is 11.6. The molecule has 1 amide bonds. The molecular formula is C31H29NO7. The van der Waals surface area contributed by atoms with Crippen LogP contribution in [0.5, 0.6) is 11.5 Å². The van der Waals surface area contributed by atoms with E-state index in [1.807, 2.05) is 30.3 Å². The SMILES string of the molecule is COCCCN1C(=O)C(O)=C(C(=O)c2cc3cccc(OC)c3o2)C1c1ccc(OCc2ccccc2)cc1. The molecule has 5 rings (SSSR count). The molecule has 0 fully saturated rings. The molecule has 0 radical (unpaired) electrons. The van der Waals surface area contributed by atoms with Crippen LogP contribution >= 0.6 is 0 Å². The van der Waals surface area contributed by atoms with Crippen LogP contribution in [0.3, 0.4) is 0 Å². The molecule has 1 aliphatic heterocycles. The lowest BCUT2D eigenvalue weighted by Gasteiger charge is -2.26. The Balaban J connectivity index is 1.46. The molecular weight excluding hydrogens is 498 g/mol. The van der Waals surface area contributed by atoms with Gasteiger partial charge in [-0.2, -0.15) is 0 Å². The summed E-state index contributed by atoms with van der Waals surface area (Å²) in [5.74, 6) is -0.630. The number of rotatable bonds is 11. The van der Waals surface area contributed by atoms with Crippen molar-refractivity contribution in [3.8, 4) is 11.5 Å². The van der Waals surface area contributed by atoms with Gasteiger partial charge in [0.25, 0.3) is 5.91 Å². The number of Topliss-reactive ketones (excluding diaryl/α,β-unsaturated/α-hetero) is 1. The molecule has 1 unspecified atom stereocenters. The highest BCUT2D eigenvalue weighted by molar-refractivity contribution is 6.16. The number of ether oxygens (including phenoxy) is 3. The number of aliphatic hydroxyl groups is 1. The Morgan fingerprint density at radius 3 is 2.49 bits per heavy atom. The lowest BCUT2D eigenvalue weighted by molar-refractivity contribution is -0.129. The van der Waals surface area contributed by atoms with Crippen molar-refractivity contribution in [2.75, 3.05) is 27.4 Å². The Labute approximate surface area is 226 Å². The van der Waals surface area contributed by atoms with Gasteiger partial charge < -0.3 is 28.6 Å². The number of aliphatic hydroxyl groups excluding tert-OH is 1. The highest BCUT2D eigenvalue weighted by Crippen LogP contribution is 2.40. The lowest BCUT2D eigenvalue weighted by Crippen LogP contribution is -2.32. The monoisotopic (exact) mass is 527 g/mol. The first-order chi connectivity index (χ1) is 19.0. The van der Waals surface area contributed by atoms with Gasteiger partial charge in [-0.05, 0) is 41.8 Å². The molecule has 39 heavy (non-hydrogen) atoms. The number of carbonyl (C=O) groups excluding carboxylic acids is 2. The second-order valence-corrected chi connectivity index (χ2v) is 9.17. The van der Waals surface area contributed by atoms with E-state index in [4.69, 9.17) is 18.6 Å². The van der Waals surface area contributed by atoms with Gasteiger partial charge in [-0.15, -0.1) is 0 Å². The average Bonchev–Trinajstić information content (AvgIpc) is 3.52. The Morgan fingerprint density at radius 1 is 1.00 bits per heavy atom. The van der Waals surface area contributed by atoms with E-state index in [0.717, 1.165) is 5.56 Å². The number of fused-ring (bicyclic) bond motifs is 1. The molecule has 4 aromatic rings. The van der Waals surface area contributed by atoms with Gasteiger partial charge in [0.2, 0.25) is 5.78 Å². The summed E-state index contributed by atoms with van der Waals surface area (Å²) >= 11 is 0. The van der Waals surface area contributed by atoms with E-state index in [9.17, 15) is 14.7 Å². The molecule has 1 aromatic heterocycles. The smallest absolute Gasteiger partial charge is 0.290 e. The van der Waals surface area contributed by atoms with Gasteiger partial charge in [0.15, 0.2) is 22.9 Å². The number of benzene rings is 3. The van der Waals surface area contributed by atoms with Crippen LogP contribution in [-0.2, 0) is 16.1 Å². The third-order valence-corrected chi connectivity index (χ3v) is 6.69. The summed E-state index contributed by atoms with van der Waals surface area (Å²) in [6.45, 7) is 1.12. The lowest BCUT2D eigenvalue weighted by atomic mass is 9.95. The predicted octanol–water partition coefficient (Wildman–Crippen LogP) is 5.64. The Kier molecular flexibility index (Phi) is 7.65. The molecule has 3 aromatic carbocycles. The van der Waals surface area contributed by atoms with Gasteiger partial charge in [0.05, 0.1) is 18.7 Å². The Hall–Kier alpha value is -4.56. The van der Waals surface area contributed by atoms with E-state index in [-0.39, 0.29) is 11.3 Å². The summed E-state index contributed by atoms with van der Waals surface area (Å²) < 4.78 is 22.3. The van der Waals surface area contributed by atoms with E-state index >= 15 is 0 Å². The molecule has 0 saturated heterocycles. The standard InChI is InChI=1S/C31H29NO7/c1-36-17-7-16-32-27(21-12-14-23(15-13-21)38-19-20-8-4-3-5-9-20)26(29(34)31(32)35)28(33)25-18-22-10-6-11-24(37-2)30(22)39-25/h3-6,8-15,18,27,34H,7,16-17,19H2,1-2H3. The summed E-state index contributed by atoms with van der Waals surface area (Å²) in [6.07, 6.45) is 0.535. The number of amides is 1. The summed E-state index contributed by atoms with van der Waals surface area (Å²) in [5.41, 5.74) is 2.08. The minimum absolute atomic E-state index is 0.00964. The van der Waals surface area contributed by atoms with E-state index in [1.54, 1.807) is 55.6 Å². The molecule has 1 atom stereocenters. The summed E-state index contributed by atoms with van der Waals surface area (Å²) in [6, 6.07) is 23.1. The van der Waals surface area contributed by atoms with Crippen LogP contribution in [0.1, 0.15) is 34.1 Å². The number of carbonyl (C=O) groups is 2. The maximum atomic E-state index is 13.8. The van der Waals surface area contributed by atoms with Crippen LogP contribution in [0, 0.1) is 0 Å². The number of furan rings is 1. The van der Waals surface area contributed by atoms with Crippen molar-refractivity contribution >= 4 is 22.7 Å². The van der Waals surface area contributed by atoms with Crippen LogP contribution in [0.25, 0.3) is 11.0 Å². The minimum atomic E-state index is -0.805. The van der Waals surface area contributed by atoms with E-state index in [1.165, 1.54) is 12.0 Å². The maximum Gasteiger partial charge on any atom is 0.290 e. The fourth-order valence-corrected chi connectivity index (χ4v) is 4.77.